The number of nitrogens with zero attached hydrogens (tertiary/aromatic N) is 3. The lowest BCUT2D eigenvalue weighted by molar-refractivity contribution is -0.135. The van der Waals surface area contributed by atoms with Crippen molar-refractivity contribution < 1.29 is 14.3 Å². The molecule has 0 radical (unpaired) electrons. The summed E-state index contributed by atoms with van der Waals surface area (Å²) in [5, 5.41) is 8.89. The maximum absolute atomic E-state index is 11.6. The zero-order valence-electron chi connectivity index (χ0n) is 14.2. The van der Waals surface area contributed by atoms with Crippen molar-refractivity contribution in [2.75, 3.05) is 45.3 Å². The van der Waals surface area contributed by atoms with Crippen LogP contribution >= 0.6 is 0 Å². The van der Waals surface area contributed by atoms with E-state index < -0.39 is 0 Å². The molecule has 1 amide bonds. The molecule has 2 atom stereocenters. The monoisotopic (exact) mass is 329 g/mol. The maximum Gasteiger partial charge on any atom is 0.248 e. The Labute approximate surface area is 142 Å². The first-order valence-corrected chi connectivity index (χ1v) is 8.22. The Morgan fingerprint density at radius 3 is 2.88 bits per heavy atom. The molecule has 128 valence electrons. The number of ether oxygens (including phenoxy) is 2. The molecule has 24 heavy (non-hydrogen) atoms. The number of benzene rings is 1. The zero-order chi connectivity index (χ0) is 17.2. The Balaban J connectivity index is 1.55. The van der Waals surface area contributed by atoms with Crippen LogP contribution in [0.4, 0.5) is 5.69 Å². The normalized spacial score (nSPS) is 25.9. The van der Waals surface area contributed by atoms with Crippen LogP contribution < -0.4 is 4.90 Å². The highest BCUT2D eigenvalue weighted by Crippen LogP contribution is 2.38. The zero-order valence-corrected chi connectivity index (χ0v) is 14.2. The number of amides is 1. The lowest BCUT2D eigenvalue weighted by atomic mass is 9.98. The first kappa shape index (κ1) is 16.7. The Morgan fingerprint density at radius 2 is 2.21 bits per heavy atom. The van der Waals surface area contributed by atoms with Crippen molar-refractivity contribution >= 4 is 11.6 Å². The van der Waals surface area contributed by atoms with Gasteiger partial charge in [0.05, 0.1) is 29.9 Å². The minimum absolute atomic E-state index is 0.0187. The Hall–Kier alpha value is -2.10. The van der Waals surface area contributed by atoms with Crippen molar-refractivity contribution in [3.63, 3.8) is 0 Å². The van der Waals surface area contributed by atoms with Gasteiger partial charge in [-0.25, -0.2) is 0 Å². The van der Waals surface area contributed by atoms with Gasteiger partial charge < -0.3 is 19.3 Å². The van der Waals surface area contributed by atoms with Crippen LogP contribution in [0.2, 0.25) is 0 Å². The van der Waals surface area contributed by atoms with Crippen LogP contribution in [0.25, 0.3) is 0 Å². The van der Waals surface area contributed by atoms with Crippen LogP contribution in [0.15, 0.2) is 24.3 Å². The molecule has 2 aliphatic rings. The molecule has 1 aromatic rings. The standard InChI is InChI=1S/C18H23N3O3/c1-20(2)17(22)12-23-16-9-18(24-11-16)7-8-21(13-18)15-5-3-14(10-19)4-6-15/h3-6,16H,7-9,11-13H2,1-2H3. The van der Waals surface area contributed by atoms with Crippen LogP contribution in [0, 0.1) is 11.3 Å². The molecule has 2 heterocycles. The van der Waals surface area contributed by atoms with Crippen LogP contribution in [0.5, 0.6) is 0 Å². The van der Waals surface area contributed by atoms with Gasteiger partial charge in [0, 0.05) is 39.3 Å². The molecule has 1 aromatic carbocycles. The Kier molecular flexibility index (Phi) is 4.74. The number of hydrogen-bond acceptors (Lipinski definition) is 5. The molecule has 2 aliphatic heterocycles. The average Bonchev–Trinajstić information content (AvgIpc) is 3.20. The summed E-state index contributed by atoms with van der Waals surface area (Å²) in [5.41, 5.74) is 1.60. The SMILES string of the molecule is CN(C)C(=O)COC1COC2(CCN(c3ccc(C#N)cc3)C2)C1. The van der Waals surface area contributed by atoms with E-state index in [9.17, 15) is 4.79 Å². The number of rotatable bonds is 4. The highest BCUT2D eigenvalue weighted by atomic mass is 16.6. The molecule has 3 rings (SSSR count). The second-order valence-electron chi connectivity index (χ2n) is 6.75. The third-order valence-electron chi connectivity index (χ3n) is 4.79. The molecule has 1 spiro atoms. The smallest absolute Gasteiger partial charge is 0.248 e. The number of nitriles is 1. The summed E-state index contributed by atoms with van der Waals surface area (Å²) in [6.07, 6.45) is 1.75. The van der Waals surface area contributed by atoms with Gasteiger partial charge >= 0.3 is 0 Å². The first-order chi connectivity index (χ1) is 11.5. The van der Waals surface area contributed by atoms with Crippen LogP contribution in [0.1, 0.15) is 18.4 Å². The molecule has 2 saturated heterocycles. The van der Waals surface area contributed by atoms with E-state index >= 15 is 0 Å². The van der Waals surface area contributed by atoms with Gasteiger partial charge in [0.1, 0.15) is 6.61 Å². The molecule has 0 N–H and O–H groups in total. The highest BCUT2D eigenvalue weighted by Gasteiger charge is 2.46. The Morgan fingerprint density at radius 1 is 1.46 bits per heavy atom. The van der Waals surface area contributed by atoms with Crippen molar-refractivity contribution in [3.8, 4) is 6.07 Å². The number of likely N-dealkylation sites (N-methyl/N-ethyl adjacent to an activating group) is 1. The molecule has 0 aliphatic carbocycles. The minimum atomic E-state index is -0.181. The predicted molar refractivity (Wildman–Crippen MR) is 89.7 cm³/mol. The fraction of sp³-hybridized carbons (Fsp3) is 0.556. The van der Waals surface area contributed by atoms with E-state index in [1.807, 2.05) is 24.3 Å². The van der Waals surface area contributed by atoms with E-state index in [-0.39, 0.29) is 24.2 Å². The van der Waals surface area contributed by atoms with E-state index in [1.165, 1.54) is 4.90 Å². The quantitative estimate of drug-likeness (QED) is 0.835. The summed E-state index contributed by atoms with van der Waals surface area (Å²) in [4.78, 5) is 15.5. The molecule has 2 unspecified atom stereocenters. The van der Waals surface area contributed by atoms with Crippen molar-refractivity contribution in [2.45, 2.75) is 24.5 Å². The maximum atomic E-state index is 11.6. The summed E-state index contributed by atoms with van der Waals surface area (Å²) in [6.45, 7) is 2.40. The fourth-order valence-corrected chi connectivity index (χ4v) is 3.32. The third-order valence-corrected chi connectivity index (χ3v) is 4.79. The number of carbonyl (C=O) groups is 1. The number of anilines is 1. The number of hydrogen-bond donors (Lipinski definition) is 0. The fourth-order valence-electron chi connectivity index (χ4n) is 3.32. The predicted octanol–water partition coefficient (Wildman–Crippen LogP) is 1.40. The summed E-state index contributed by atoms with van der Waals surface area (Å²) in [7, 11) is 3.45. The number of carbonyl (C=O) groups excluding carboxylic acids is 1. The van der Waals surface area contributed by atoms with E-state index in [0.717, 1.165) is 31.6 Å². The van der Waals surface area contributed by atoms with E-state index in [0.29, 0.717) is 12.2 Å². The van der Waals surface area contributed by atoms with Crippen LogP contribution in [-0.2, 0) is 14.3 Å². The van der Waals surface area contributed by atoms with Gasteiger partial charge in [-0.2, -0.15) is 5.26 Å². The molecule has 6 nitrogen and oxygen atoms in total. The van der Waals surface area contributed by atoms with Gasteiger partial charge in [-0.05, 0) is 30.7 Å². The highest BCUT2D eigenvalue weighted by molar-refractivity contribution is 5.76. The van der Waals surface area contributed by atoms with Crippen LogP contribution in [-0.4, -0.2) is 62.9 Å². The van der Waals surface area contributed by atoms with Gasteiger partial charge in [0.15, 0.2) is 0 Å². The van der Waals surface area contributed by atoms with E-state index in [4.69, 9.17) is 14.7 Å². The van der Waals surface area contributed by atoms with Crippen molar-refractivity contribution in [1.82, 2.24) is 4.90 Å². The molecular weight excluding hydrogens is 306 g/mol. The second-order valence-corrected chi connectivity index (χ2v) is 6.75. The summed E-state index contributed by atoms with van der Waals surface area (Å²) in [5.74, 6) is -0.0263. The third kappa shape index (κ3) is 3.53. The van der Waals surface area contributed by atoms with Crippen molar-refractivity contribution in [2.24, 2.45) is 0 Å². The molecular formula is C18H23N3O3. The molecule has 0 bridgehead atoms. The Bertz CT molecular complexity index is 638. The summed E-state index contributed by atoms with van der Waals surface area (Å²) >= 11 is 0. The van der Waals surface area contributed by atoms with Crippen molar-refractivity contribution in [1.29, 1.82) is 5.26 Å². The van der Waals surface area contributed by atoms with Crippen molar-refractivity contribution in [3.05, 3.63) is 29.8 Å². The van der Waals surface area contributed by atoms with Gasteiger partial charge in [-0.15, -0.1) is 0 Å². The lowest BCUT2D eigenvalue weighted by Gasteiger charge is -2.24. The first-order valence-electron chi connectivity index (χ1n) is 8.22. The van der Waals surface area contributed by atoms with E-state index in [1.54, 1.807) is 14.1 Å². The minimum Gasteiger partial charge on any atom is -0.370 e. The molecule has 2 fully saturated rings. The largest absolute Gasteiger partial charge is 0.370 e. The molecule has 0 aromatic heterocycles. The molecule has 6 heteroatoms. The topological polar surface area (TPSA) is 65.8 Å². The van der Waals surface area contributed by atoms with Gasteiger partial charge in [-0.1, -0.05) is 0 Å². The summed E-state index contributed by atoms with van der Waals surface area (Å²) < 4.78 is 11.8. The molecule has 0 saturated carbocycles. The lowest BCUT2D eigenvalue weighted by Crippen LogP contribution is -2.33. The van der Waals surface area contributed by atoms with Gasteiger partial charge in [-0.3, -0.25) is 4.79 Å². The van der Waals surface area contributed by atoms with E-state index in [2.05, 4.69) is 11.0 Å². The van der Waals surface area contributed by atoms with Gasteiger partial charge in [0.2, 0.25) is 5.91 Å². The summed E-state index contributed by atoms with van der Waals surface area (Å²) in [6, 6.07) is 9.79. The van der Waals surface area contributed by atoms with Gasteiger partial charge in [0.25, 0.3) is 0 Å². The second kappa shape index (κ2) is 6.80. The average molecular weight is 329 g/mol. The van der Waals surface area contributed by atoms with Crippen LogP contribution in [0.3, 0.4) is 0 Å².